The Morgan fingerprint density at radius 2 is 1.14 bits per heavy atom. The van der Waals surface area contributed by atoms with Crippen molar-refractivity contribution in [1.82, 2.24) is 16.0 Å². The molecule has 0 aromatic heterocycles. The number of aliphatic hydroxyl groups is 1. The third-order valence-electron chi connectivity index (χ3n) is 5.51. The number of aliphatic carboxylic acids is 1. The molecule has 0 saturated carbocycles. The summed E-state index contributed by atoms with van der Waals surface area (Å²) in [7, 11) is 0. The van der Waals surface area contributed by atoms with E-state index in [1.54, 1.807) is 0 Å². The fraction of sp³-hybridized carbons (Fsp3) is 0.818. The molecule has 0 aromatic rings. The SMILES string of the molecule is CC(O)C(NC(=O)C(CCCCN)NC(=O)C(N)CCCCN)C(=O)NC(CCCCN)C(=O)O. The van der Waals surface area contributed by atoms with Crippen LogP contribution in [0.3, 0.4) is 0 Å². The lowest BCUT2D eigenvalue weighted by Crippen LogP contribution is -2.59. The van der Waals surface area contributed by atoms with Crippen molar-refractivity contribution in [3.05, 3.63) is 0 Å². The standard InChI is InChI=1S/C22H45N7O6/c1-14(30)18(21(33)28-17(22(34)35)10-4-7-13-25)29-20(32)16(9-3-6-12-24)27-19(31)15(26)8-2-5-11-23/h14-18,30H,2-13,23-26H2,1H3,(H,27,31)(H,28,33)(H,29,32)(H,34,35). The summed E-state index contributed by atoms with van der Waals surface area (Å²) in [6, 6.07) is -4.46. The second-order valence-electron chi connectivity index (χ2n) is 8.65. The number of carbonyl (C=O) groups excluding carboxylic acids is 3. The number of hydrogen-bond acceptors (Lipinski definition) is 9. The van der Waals surface area contributed by atoms with E-state index < -0.39 is 54.0 Å². The van der Waals surface area contributed by atoms with Gasteiger partial charge in [0.05, 0.1) is 12.1 Å². The number of unbranched alkanes of at least 4 members (excludes halogenated alkanes) is 3. The first-order chi connectivity index (χ1) is 16.6. The Kier molecular flexibility index (Phi) is 17.7. The zero-order chi connectivity index (χ0) is 26.8. The summed E-state index contributed by atoms with van der Waals surface area (Å²) in [6.45, 7) is 2.57. The second-order valence-corrected chi connectivity index (χ2v) is 8.65. The van der Waals surface area contributed by atoms with E-state index >= 15 is 0 Å². The molecule has 0 aliphatic heterocycles. The molecule has 0 bridgehead atoms. The van der Waals surface area contributed by atoms with Gasteiger partial charge in [-0.2, -0.15) is 0 Å². The van der Waals surface area contributed by atoms with Crippen molar-refractivity contribution in [2.75, 3.05) is 19.6 Å². The van der Waals surface area contributed by atoms with E-state index in [9.17, 15) is 29.4 Å². The predicted octanol–water partition coefficient (Wildman–Crippen LogP) is -2.38. The highest BCUT2D eigenvalue weighted by molar-refractivity contribution is 5.94. The topological polar surface area (TPSA) is 249 Å². The van der Waals surface area contributed by atoms with E-state index in [0.29, 0.717) is 58.2 Å². The van der Waals surface area contributed by atoms with Crippen LogP contribution in [-0.4, -0.2) is 83.8 Å². The summed E-state index contributed by atoms with van der Waals surface area (Å²) in [5, 5.41) is 26.9. The number of carbonyl (C=O) groups is 4. The van der Waals surface area contributed by atoms with Gasteiger partial charge in [-0.1, -0.05) is 6.42 Å². The largest absolute Gasteiger partial charge is 0.480 e. The number of carboxylic acids is 1. The van der Waals surface area contributed by atoms with Crippen LogP contribution in [0.2, 0.25) is 0 Å². The molecule has 3 amide bonds. The van der Waals surface area contributed by atoms with Crippen molar-refractivity contribution in [3.63, 3.8) is 0 Å². The lowest BCUT2D eigenvalue weighted by molar-refractivity contribution is -0.143. The van der Waals surface area contributed by atoms with Crippen molar-refractivity contribution in [3.8, 4) is 0 Å². The fourth-order valence-corrected chi connectivity index (χ4v) is 3.35. The highest BCUT2D eigenvalue weighted by Crippen LogP contribution is 2.07. The van der Waals surface area contributed by atoms with Crippen molar-refractivity contribution >= 4 is 23.7 Å². The molecule has 5 unspecified atom stereocenters. The highest BCUT2D eigenvalue weighted by Gasteiger charge is 2.32. The predicted molar refractivity (Wildman–Crippen MR) is 132 cm³/mol. The van der Waals surface area contributed by atoms with E-state index in [1.807, 2.05) is 0 Å². The summed E-state index contributed by atoms with van der Waals surface area (Å²) in [6.07, 6.45) is 3.08. The molecule has 0 radical (unpaired) electrons. The summed E-state index contributed by atoms with van der Waals surface area (Å²) < 4.78 is 0. The number of aliphatic hydroxyl groups excluding tert-OH is 1. The normalized spacial score (nSPS) is 15.4. The van der Waals surface area contributed by atoms with E-state index in [1.165, 1.54) is 6.92 Å². The molecule has 5 atom stereocenters. The quantitative estimate of drug-likeness (QED) is 0.0797. The third kappa shape index (κ3) is 14.0. The van der Waals surface area contributed by atoms with Crippen molar-refractivity contribution in [1.29, 1.82) is 0 Å². The molecular formula is C22H45N7O6. The van der Waals surface area contributed by atoms with Gasteiger partial charge in [-0.25, -0.2) is 4.79 Å². The van der Waals surface area contributed by atoms with Crippen LogP contribution in [0.25, 0.3) is 0 Å². The van der Waals surface area contributed by atoms with Crippen LogP contribution in [0.15, 0.2) is 0 Å². The van der Waals surface area contributed by atoms with Crippen LogP contribution in [-0.2, 0) is 19.2 Å². The Hall–Kier alpha value is -2.32. The molecule has 13 N–H and O–H groups in total. The lowest BCUT2D eigenvalue weighted by atomic mass is 10.0. The van der Waals surface area contributed by atoms with Gasteiger partial charge < -0.3 is 49.1 Å². The molecule has 204 valence electrons. The van der Waals surface area contributed by atoms with Gasteiger partial charge in [0.1, 0.15) is 18.1 Å². The van der Waals surface area contributed by atoms with Gasteiger partial charge in [-0.3, -0.25) is 14.4 Å². The van der Waals surface area contributed by atoms with Crippen molar-refractivity contribution < 1.29 is 29.4 Å². The average Bonchev–Trinajstić information content (AvgIpc) is 2.80. The zero-order valence-corrected chi connectivity index (χ0v) is 20.7. The van der Waals surface area contributed by atoms with E-state index in [0.717, 1.165) is 6.42 Å². The summed E-state index contributed by atoms with van der Waals surface area (Å²) >= 11 is 0. The Balaban J connectivity index is 5.31. The molecule has 0 aromatic carbocycles. The van der Waals surface area contributed by atoms with E-state index in [2.05, 4.69) is 16.0 Å². The molecule has 0 aliphatic carbocycles. The summed E-state index contributed by atoms with van der Waals surface area (Å²) in [5.41, 5.74) is 22.3. The molecule has 0 spiro atoms. The van der Waals surface area contributed by atoms with Crippen LogP contribution in [0, 0.1) is 0 Å². The number of amides is 3. The molecule has 0 saturated heterocycles. The number of hydrogen-bond donors (Lipinski definition) is 9. The van der Waals surface area contributed by atoms with Gasteiger partial charge in [-0.05, 0) is 77.9 Å². The minimum atomic E-state index is -1.43. The van der Waals surface area contributed by atoms with Crippen LogP contribution < -0.4 is 38.9 Å². The Morgan fingerprint density at radius 1 is 0.686 bits per heavy atom. The Morgan fingerprint density at radius 3 is 1.60 bits per heavy atom. The summed E-state index contributed by atoms with van der Waals surface area (Å²) in [4.78, 5) is 49.7. The van der Waals surface area contributed by atoms with Crippen LogP contribution in [0.4, 0.5) is 0 Å². The van der Waals surface area contributed by atoms with Gasteiger partial charge in [0.25, 0.3) is 0 Å². The molecule has 0 rings (SSSR count). The highest BCUT2D eigenvalue weighted by atomic mass is 16.4. The van der Waals surface area contributed by atoms with Crippen LogP contribution in [0.1, 0.15) is 64.7 Å². The van der Waals surface area contributed by atoms with Gasteiger partial charge in [-0.15, -0.1) is 0 Å². The van der Waals surface area contributed by atoms with E-state index in [-0.39, 0.29) is 12.8 Å². The number of nitrogens with one attached hydrogen (secondary N) is 3. The van der Waals surface area contributed by atoms with Gasteiger partial charge in [0, 0.05) is 0 Å². The number of rotatable bonds is 20. The van der Waals surface area contributed by atoms with Gasteiger partial charge in [0.15, 0.2) is 0 Å². The van der Waals surface area contributed by atoms with Gasteiger partial charge in [0.2, 0.25) is 17.7 Å². The minimum absolute atomic E-state index is 0.151. The first-order valence-electron chi connectivity index (χ1n) is 12.3. The molecule has 0 heterocycles. The van der Waals surface area contributed by atoms with Crippen LogP contribution in [0.5, 0.6) is 0 Å². The molecule has 13 nitrogen and oxygen atoms in total. The Labute approximate surface area is 207 Å². The Bertz CT molecular complexity index is 650. The monoisotopic (exact) mass is 503 g/mol. The molecule has 0 aliphatic rings. The molecule has 0 fully saturated rings. The molecular weight excluding hydrogens is 458 g/mol. The van der Waals surface area contributed by atoms with Crippen LogP contribution >= 0.6 is 0 Å². The second kappa shape index (κ2) is 18.9. The fourth-order valence-electron chi connectivity index (χ4n) is 3.35. The van der Waals surface area contributed by atoms with Gasteiger partial charge >= 0.3 is 5.97 Å². The summed E-state index contributed by atoms with van der Waals surface area (Å²) in [5.74, 6) is -3.29. The first-order valence-corrected chi connectivity index (χ1v) is 12.3. The lowest BCUT2D eigenvalue weighted by Gasteiger charge is -2.26. The molecule has 13 heteroatoms. The van der Waals surface area contributed by atoms with Crippen molar-refractivity contribution in [2.24, 2.45) is 22.9 Å². The third-order valence-corrected chi connectivity index (χ3v) is 5.51. The maximum Gasteiger partial charge on any atom is 0.326 e. The number of carboxylic acid groups (broad SMARTS) is 1. The smallest absolute Gasteiger partial charge is 0.326 e. The minimum Gasteiger partial charge on any atom is -0.480 e. The average molecular weight is 504 g/mol. The maximum absolute atomic E-state index is 13.0. The maximum atomic E-state index is 13.0. The van der Waals surface area contributed by atoms with Crippen molar-refractivity contribution in [2.45, 2.75) is 95.0 Å². The number of nitrogens with two attached hydrogens (primary N) is 4. The molecule has 35 heavy (non-hydrogen) atoms. The zero-order valence-electron chi connectivity index (χ0n) is 20.7. The van der Waals surface area contributed by atoms with E-state index in [4.69, 9.17) is 22.9 Å². The first kappa shape index (κ1) is 32.7.